The second kappa shape index (κ2) is 13.1. The molecular formula is C31H30FN3O2. The summed E-state index contributed by atoms with van der Waals surface area (Å²) >= 11 is 0. The van der Waals surface area contributed by atoms with Gasteiger partial charge in [0.05, 0.1) is 0 Å². The number of amides is 2. The van der Waals surface area contributed by atoms with Gasteiger partial charge in [0.1, 0.15) is 11.9 Å². The summed E-state index contributed by atoms with van der Waals surface area (Å²) in [5.41, 5.74) is 3.63. The van der Waals surface area contributed by atoms with Gasteiger partial charge in [0.2, 0.25) is 11.8 Å². The molecule has 188 valence electrons. The van der Waals surface area contributed by atoms with Gasteiger partial charge in [0.15, 0.2) is 0 Å². The lowest BCUT2D eigenvalue weighted by molar-refractivity contribution is -0.141. The van der Waals surface area contributed by atoms with Gasteiger partial charge in [-0.1, -0.05) is 78.9 Å². The van der Waals surface area contributed by atoms with Gasteiger partial charge in [-0.15, -0.1) is 0 Å². The van der Waals surface area contributed by atoms with E-state index in [1.165, 1.54) is 12.1 Å². The molecule has 0 radical (unpaired) electrons. The summed E-state index contributed by atoms with van der Waals surface area (Å²) in [6.07, 6.45) is 4.56. The third-order valence-electron chi connectivity index (χ3n) is 6.20. The maximum atomic E-state index is 13.7. The quantitative estimate of drug-likeness (QED) is 0.315. The minimum Gasteiger partial charge on any atom is -0.350 e. The normalized spacial score (nSPS) is 11.5. The minimum absolute atomic E-state index is 0.134. The van der Waals surface area contributed by atoms with Gasteiger partial charge in [-0.25, -0.2) is 4.39 Å². The second-order valence-corrected chi connectivity index (χ2v) is 8.92. The lowest BCUT2D eigenvalue weighted by Crippen LogP contribution is -2.50. The Balaban J connectivity index is 1.60. The van der Waals surface area contributed by atoms with Crippen LogP contribution in [0.25, 0.3) is 0 Å². The molecule has 2 amide bonds. The van der Waals surface area contributed by atoms with Crippen LogP contribution >= 0.6 is 0 Å². The molecule has 1 aromatic heterocycles. The zero-order chi connectivity index (χ0) is 25.9. The average molecular weight is 496 g/mol. The van der Waals surface area contributed by atoms with Crippen LogP contribution in [0, 0.1) is 5.82 Å². The van der Waals surface area contributed by atoms with Gasteiger partial charge in [0, 0.05) is 38.3 Å². The van der Waals surface area contributed by atoms with E-state index >= 15 is 0 Å². The minimum atomic E-state index is -0.743. The Labute approximate surface area is 217 Å². The van der Waals surface area contributed by atoms with Crippen molar-refractivity contribution in [3.05, 3.63) is 138 Å². The Kier molecular flexibility index (Phi) is 9.13. The van der Waals surface area contributed by atoms with E-state index in [4.69, 9.17) is 0 Å². The van der Waals surface area contributed by atoms with Crippen LogP contribution in [0.2, 0.25) is 0 Å². The van der Waals surface area contributed by atoms with Crippen LogP contribution in [0.3, 0.4) is 0 Å². The average Bonchev–Trinajstić information content (AvgIpc) is 2.95. The summed E-state index contributed by atoms with van der Waals surface area (Å²) in [7, 11) is 0. The highest BCUT2D eigenvalue weighted by molar-refractivity contribution is 5.88. The molecule has 0 saturated carbocycles. The number of hydrogen-bond donors (Lipinski definition) is 1. The van der Waals surface area contributed by atoms with E-state index in [2.05, 4.69) is 10.3 Å². The van der Waals surface area contributed by atoms with Crippen molar-refractivity contribution in [1.82, 2.24) is 15.2 Å². The molecule has 0 aliphatic heterocycles. The first-order valence-electron chi connectivity index (χ1n) is 12.4. The summed E-state index contributed by atoms with van der Waals surface area (Å²) in [6, 6.07) is 28.5. The number of carbonyl (C=O) groups is 2. The fourth-order valence-electron chi connectivity index (χ4n) is 4.19. The summed E-state index contributed by atoms with van der Waals surface area (Å²) in [6.45, 7) is 0.506. The van der Waals surface area contributed by atoms with E-state index in [0.29, 0.717) is 19.4 Å². The molecule has 3 aromatic carbocycles. The largest absolute Gasteiger partial charge is 0.350 e. The first-order chi connectivity index (χ1) is 18.1. The van der Waals surface area contributed by atoms with E-state index in [0.717, 1.165) is 22.3 Å². The number of aryl methyl sites for hydroxylation is 1. The van der Waals surface area contributed by atoms with E-state index in [9.17, 15) is 14.0 Å². The molecule has 0 spiro atoms. The van der Waals surface area contributed by atoms with Crippen LogP contribution in [0.4, 0.5) is 4.39 Å². The van der Waals surface area contributed by atoms with Gasteiger partial charge in [0.25, 0.3) is 0 Å². The molecule has 1 N–H and O–H groups in total. The van der Waals surface area contributed by atoms with Crippen LogP contribution in [-0.2, 0) is 35.5 Å². The number of nitrogens with zero attached hydrogens (tertiary/aromatic N) is 2. The van der Waals surface area contributed by atoms with Crippen LogP contribution < -0.4 is 5.32 Å². The highest BCUT2D eigenvalue weighted by Gasteiger charge is 2.30. The molecule has 5 nitrogen and oxygen atoms in total. The fourth-order valence-corrected chi connectivity index (χ4v) is 4.19. The van der Waals surface area contributed by atoms with Crippen molar-refractivity contribution in [2.75, 3.05) is 0 Å². The van der Waals surface area contributed by atoms with E-state index in [-0.39, 0.29) is 30.6 Å². The van der Waals surface area contributed by atoms with Crippen molar-refractivity contribution < 1.29 is 14.0 Å². The molecule has 0 fully saturated rings. The zero-order valence-corrected chi connectivity index (χ0v) is 20.6. The standard InChI is InChI=1S/C31H30FN3O2/c32-28-16-13-26(14-17-28)23-35(30(36)18-15-24-8-3-1-4-9-24)29(20-25-10-5-2-6-11-25)31(37)34-22-27-12-7-19-33-21-27/h1-14,16-17,19,21,29H,15,18,20,22-23H2,(H,34,37)/t29-/m0/s1. The number of aromatic nitrogens is 1. The third-order valence-corrected chi connectivity index (χ3v) is 6.20. The molecule has 4 rings (SSSR count). The highest BCUT2D eigenvalue weighted by Crippen LogP contribution is 2.17. The van der Waals surface area contributed by atoms with E-state index in [1.807, 2.05) is 72.8 Å². The maximum absolute atomic E-state index is 13.7. The Morgan fingerprint density at radius 2 is 1.43 bits per heavy atom. The molecule has 6 heteroatoms. The molecule has 0 aliphatic rings. The summed E-state index contributed by atoms with van der Waals surface area (Å²) < 4.78 is 13.6. The van der Waals surface area contributed by atoms with Crippen molar-refractivity contribution in [2.24, 2.45) is 0 Å². The number of halogens is 1. The van der Waals surface area contributed by atoms with E-state index < -0.39 is 6.04 Å². The predicted octanol–water partition coefficient (Wildman–Crippen LogP) is 5.11. The SMILES string of the molecule is O=C(NCc1cccnc1)[C@H](Cc1ccccc1)N(Cc1ccc(F)cc1)C(=O)CCc1ccccc1. The second-order valence-electron chi connectivity index (χ2n) is 8.92. The summed E-state index contributed by atoms with van der Waals surface area (Å²) in [5.74, 6) is -0.728. The molecule has 37 heavy (non-hydrogen) atoms. The fraction of sp³-hybridized carbons (Fsp3) is 0.194. The number of nitrogens with one attached hydrogen (secondary N) is 1. The van der Waals surface area contributed by atoms with Crippen LogP contribution in [0.1, 0.15) is 28.7 Å². The highest BCUT2D eigenvalue weighted by atomic mass is 19.1. The number of hydrogen-bond acceptors (Lipinski definition) is 3. The molecule has 0 saturated heterocycles. The molecule has 0 bridgehead atoms. The maximum Gasteiger partial charge on any atom is 0.243 e. The first kappa shape index (κ1) is 25.8. The number of pyridine rings is 1. The molecule has 4 aromatic rings. The Hall–Kier alpha value is -4.32. The van der Waals surface area contributed by atoms with Gasteiger partial charge in [-0.05, 0) is 46.9 Å². The summed E-state index contributed by atoms with van der Waals surface area (Å²) in [4.78, 5) is 33.0. The molecule has 1 atom stereocenters. The number of rotatable bonds is 11. The predicted molar refractivity (Wildman–Crippen MR) is 142 cm³/mol. The monoisotopic (exact) mass is 495 g/mol. The zero-order valence-electron chi connectivity index (χ0n) is 20.6. The van der Waals surface area contributed by atoms with Gasteiger partial charge in [-0.3, -0.25) is 14.6 Å². The Morgan fingerprint density at radius 3 is 2.08 bits per heavy atom. The number of benzene rings is 3. The topological polar surface area (TPSA) is 62.3 Å². The van der Waals surface area contributed by atoms with Crippen molar-refractivity contribution in [3.63, 3.8) is 0 Å². The Bertz CT molecular complexity index is 1270. The number of carbonyl (C=O) groups excluding carboxylic acids is 2. The van der Waals surface area contributed by atoms with Gasteiger partial charge >= 0.3 is 0 Å². The van der Waals surface area contributed by atoms with Crippen molar-refractivity contribution in [1.29, 1.82) is 0 Å². The first-order valence-corrected chi connectivity index (χ1v) is 12.4. The molecular weight excluding hydrogens is 465 g/mol. The smallest absolute Gasteiger partial charge is 0.243 e. The Morgan fingerprint density at radius 1 is 0.784 bits per heavy atom. The van der Waals surface area contributed by atoms with Crippen LogP contribution in [0.5, 0.6) is 0 Å². The van der Waals surface area contributed by atoms with Crippen molar-refractivity contribution >= 4 is 11.8 Å². The van der Waals surface area contributed by atoms with E-state index in [1.54, 1.807) is 29.4 Å². The lowest BCUT2D eigenvalue weighted by atomic mass is 10.0. The third kappa shape index (κ3) is 7.84. The summed E-state index contributed by atoms with van der Waals surface area (Å²) in [5, 5.41) is 2.99. The molecule has 0 unspecified atom stereocenters. The van der Waals surface area contributed by atoms with Crippen LogP contribution in [-0.4, -0.2) is 27.7 Å². The van der Waals surface area contributed by atoms with Crippen molar-refractivity contribution in [3.8, 4) is 0 Å². The van der Waals surface area contributed by atoms with Gasteiger partial charge < -0.3 is 10.2 Å². The van der Waals surface area contributed by atoms with Crippen molar-refractivity contribution in [2.45, 2.75) is 38.4 Å². The lowest BCUT2D eigenvalue weighted by Gasteiger charge is -2.31. The molecule has 0 aliphatic carbocycles. The van der Waals surface area contributed by atoms with Gasteiger partial charge in [-0.2, -0.15) is 0 Å². The van der Waals surface area contributed by atoms with Crippen LogP contribution in [0.15, 0.2) is 109 Å². The molecule has 1 heterocycles.